The highest BCUT2D eigenvalue weighted by Crippen LogP contribution is 2.19. The first-order valence-electron chi connectivity index (χ1n) is 6.36. The van der Waals surface area contributed by atoms with Crippen LogP contribution in [0.5, 0.6) is 5.88 Å². The Balaban J connectivity index is 1.76. The summed E-state index contributed by atoms with van der Waals surface area (Å²) in [5.41, 5.74) is 2.31. The number of hydrogen-bond donors (Lipinski definition) is 1. The molecule has 0 bridgehead atoms. The van der Waals surface area contributed by atoms with E-state index in [0.29, 0.717) is 12.4 Å². The molecule has 6 nitrogen and oxygen atoms in total. The molecule has 0 aliphatic rings. The number of nitrogens with one attached hydrogen (secondary N) is 1. The van der Waals surface area contributed by atoms with Crippen LogP contribution in [0.3, 0.4) is 0 Å². The predicted molar refractivity (Wildman–Crippen MR) is 73.3 cm³/mol. The molecule has 3 aromatic rings. The lowest BCUT2D eigenvalue weighted by Crippen LogP contribution is -2.10. The Morgan fingerprint density at radius 2 is 2.25 bits per heavy atom. The quantitative estimate of drug-likeness (QED) is 0.735. The van der Waals surface area contributed by atoms with Gasteiger partial charge in [-0.3, -0.25) is 4.79 Å². The lowest BCUT2D eigenvalue weighted by atomic mass is 10.1. The average molecular weight is 270 g/mol. The molecule has 2 aromatic heterocycles. The summed E-state index contributed by atoms with van der Waals surface area (Å²) in [6, 6.07) is 8.13. The molecule has 0 atom stereocenters. The number of ether oxygens (including phenoxy) is 1. The van der Waals surface area contributed by atoms with Crippen molar-refractivity contribution in [2.24, 2.45) is 0 Å². The normalized spacial score (nSPS) is 10.8. The number of hydrogen-bond acceptors (Lipinski definition) is 4. The van der Waals surface area contributed by atoms with Crippen LogP contribution in [-0.4, -0.2) is 25.9 Å². The summed E-state index contributed by atoms with van der Waals surface area (Å²) in [6.45, 7) is 1.96. The van der Waals surface area contributed by atoms with Gasteiger partial charge in [-0.05, 0) is 18.1 Å². The number of aromatic amines is 1. The van der Waals surface area contributed by atoms with E-state index in [0.717, 1.165) is 11.9 Å². The van der Waals surface area contributed by atoms with Crippen molar-refractivity contribution in [2.45, 2.75) is 19.9 Å². The molecule has 0 unspecified atom stereocenters. The Labute approximate surface area is 115 Å². The van der Waals surface area contributed by atoms with Gasteiger partial charge in [0, 0.05) is 24.0 Å². The summed E-state index contributed by atoms with van der Waals surface area (Å²) in [7, 11) is 0. The zero-order valence-electron chi connectivity index (χ0n) is 11.0. The van der Waals surface area contributed by atoms with Crippen LogP contribution in [0, 0.1) is 0 Å². The molecule has 20 heavy (non-hydrogen) atoms. The molecule has 0 saturated heterocycles. The minimum Gasteiger partial charge on any atom is -0.406 e. The fourth-order valence-corrected chi connectivity index (χ4v) is 2.19. The van der Waals surface area contributed by atoms with Gasteiger partial charge in [0.05, 0.1) is 6.54 Å². The van der Waals surface area contributed by atoms with E-state index in [1.54, 1.807) is 4.68 Å². The van der Waals surface area contributed by atoms with Crippen molar-refractivity contribution in [1.82, 2.24) is 20.0 Å². The van der Waals surface area contributed by atoms with E-state index >= 15 is 0 Å². The van der Waals surface area contributed by atoms with Crippen molar-refractivity contribution in [3.63, 3.8) is 0 Å². The molecule has 6 heteroatoms. The fraction of sp³-hybridized carbons (Fsp3) is 0.214. The number of benzene rings is 1. The number of aryl methyl sites for hydroxylation is 2. The second-order valence-electron chi connectivity index (χ2n) is 4.50. The zero-order valence-corrected chi connectivity index (χ0v) is 11.0. The molecule has 102 valence electrons. The maximum Gasteiger partial charge on any atom is 0.309 e. The van der Waals surface area contributed by atoms with E-state index in [4.69, 9.17) is 4.74 Å². The first kappa shape index (κ1) is 12.4. The minimum atomic E-state index is -0.374. The van der Waals surface area contributed by atoms with Gasteiger partial charge in [0.2, 0.25) is 5.88 Å². The molecule has 3 rings (SSSR count). The Bertz CT molecular complexity index is 744. The van der Waals surface area contributed by atoms with E-state index in [2.05, 4.69) is 21.4 Å². The molecule has 0 radical (unpaired) electrons. The molecule has 0 aliphatic carbocycles. The lowest BCUT2D eigenvalue weighted by Gasteiger charge is -2.04. The molecule has 0 amide bonds. The smallest absolute Gasteiger partial charge is 0.309 e. The number of fused-ring (bicyclic) bond motifs is 1. The number of esters is 1. The number of H-pyrrole nitrogens is 1. The molecular formula is C14H14N4O2. The molecule has 0 fully saturated rings. The van der Waals surface area contributed by atoms with Crippen LogP contribution in [0.4, 0.5) is 0 Å². The second kappa shape index (κ2) is 5.16. The van der Waals surface area contributed by atoms with Gasteiger partial charge in [0.25, 0.3) is 0 Å². The topological polar surface area (TPSA) is 72.8 Å². The van der Waals surface area contributed by atoms with Gasteiger partial charge in [0.1, 0.15) is 6.20 Å². The Morgan fingerprint density at radius 1 is 1.40 bits per heavy atom. The van der Waals surface area contributed by atoms with Crippen LogP contribution in [0.15, 0.2) is 36.7 Å². The highest BCUT2D eigenvalue weighted by molar-refractivity contribution is 5.83. The maximum atomic E-state index is 11.0. The molecule has 1 N–H and O–H groups in total. The Kier molecular flexibility index (Phi) is 3.20. The number of aromatic nitrogens is 4. The van der Waals surface area contributed by atoms with Gasteiger partial charge >= 0.3 is 5.97 Å². The summed E-state index contributed by atoms with van der Waals surface area (Å²) in [5, 5.41) is 8.89. The van der Waals surface area contributed by atoms with Crippen LogP contribution in [0.1, 0.15) is 12.5 Å². The van der Waals surface area contributed by atoms with Gasteiger partial charge in [-0.2, -0.15) is 0 Å². The summed E-state index contributed by atoms with van der Waals surface area (Å²) in [5.74, 6) is -0.00187. The van der Waals surface area contributed by atoms with Gasteiger partial charge in [0.15, 0.2) is 0 Å². The molecule has 2 heterocycles. The van der Waals surface area contributed by atoms with Gasteiger partial charge in [-0.15, -0.1) is 5.10 Å². The van der Waals surface area contributed by atoms with Gasteiger partial charge < -0.3 is 9.72 Å². The third kappa shape index (κ3) is 2.40. The number of nitrogens with zero attached hydrogens (tertiary/aromatic N) is 3. The highest BCUT2D eigenvalue weighted by Gasteiger charge is 2.09. The van der Waals surface area contributed by atoms with Crippen LogP contribution in [0.25, 0.3) is 10.9 Å². The van der Waals surface area contributed by atoms with Gasteiger partial charge in [-0.1, -0.05) is 23.4 Å². The van der Waals surface area contributed by atoms with Crippen molar-refractivity contribution in [3.8, 4) is 5.88 Å². The maximum absolute atomic E-state index is 11.0. The van der Waals surface area contributed by atoms with Crippen LogP contribution < -0.4 is 4.74 Å². The average Bonchev–Trinajstić information content (AvgIpc) is 3.02. The number of rotatable bonds is 4. The second-order valence-corrected chi connectivity index (χ2v) is 4.50. The molecule has 1 aromatic carbocycles. The van der Waals surface area contributed by atoms with Crippen molar-refractivity contribution >= 4 is 16.9 Å². The van der Waals surface area contributed by atoms with Crippen LogP contribution in [0.2, 0.25) is 0 Å². The van der Waals surface area contributed by atoms with Gasteiger partial charge in [-0.25, -0.2) is 4.68 Å². The van der Waals surface area contributed by atoms with Crippen molar-refractivity contribution in [1.29, 1.82) is 0 Å². The number of carbonyl (C=O) groups excluding carboxylic acids is 1. The van der Waals surface area contributed by atoms with Crippen LogP contribution >= 0.6 is 0 Å². The van der Waals surface area contributed by atoms with E-state index in [1.165, 1.54) is 24.1 Å². The zero-order chi connectivity index (χ0) is 13.9. The molecule has 0 aliphatic heterocycles. The summed E-state index contributed by atoms with van der Waals surface area (Å²) in [6.07, 6.45) is 4.21. The summed E-state index contributed by atoms with van der Waals surface area (Å²) < 4.78 is 6.62. The third-order valence-electron chi connectivity index (χ3n) is 3.10. The lowest BCUT2D eigenvalue weighted by molar-refractivity contribution is -0.132. The standard InChI is InChI=1S/C14H14N4O2/c1-10(19)20-14-9-16-17-18(14)7-6-11-8-15-13-5-3-2-4-12(11)13/h2-5,8-9,15H,6-7H2,1H3. The molecular weight excluding hydrogens is 256 g/mol. The van der Waals surface area contributed by atoms with E-state index in [1.807, 2.05) is 24.4 Å². The van der Waals surface area contributed by atoms with Crippen molar-refractivity contribution in [2.75, 3.05) is 0 Å². The Morgan fingerprint density at radius 3 is 3.10 bits per heavy atom. The monoisotopic (exact) mass is 270 g/mol. The SMILES string of the molecule is CC(=O)Oc1cnnn1CCc1c[nH]c2ccccc12. The summed E-state index contributed by atoms with van der Waals surface area (Å²) >= 11 is 0. The highest BCUT2D eigenvalue weighted by atomic mass is 16.5. The first-order chi connectivity index (χ1) is 9.74. The fourth-order valence-electron chi connectivity index (χ4n) is 2.19. The molecule has 0 spiro atoms. The van der Waals surface area contributed by atoms with E-state index in [-0.39, 0.29) is 5.97 Å². The third-order valence-corrected chi connectivity index (χ3v) is 3.10. The predicted octanol–water partition coefficient (Wildman–Crippen LogP) is 1.93. The number of para-hydroxylation sites is 1. The van der Waals surface area contributed by atoms with E-state index in [9.17, 15) is 4.79 Å². The van der Waals surface area contributed by atoms with Crippen molar-refractivity contribution in [3.05, 3.63) is 42.2 Å². The number of carbonyl (C=O) groups is 1. The summed E-state index contributed by atoms with van der Waals surface area (Å²) in [4.78, 5) is 14.2. The van der Waals surface area contributed by atoms with Crippen molar-refractivity contribution < 1.29 is 9.53 Å². The largest absolute Gasteiger partial charge is 0.406 e. The molecule has 0 saturated carbocycles. The van der Waals surface area contributed by atoms with Crippen LogP contribution in [-0.2, 0) is 17.8 Å². The first-order valence-corrected chi connectivity index (χ1v) is 6.36. The Hall–Kier alpha value is -2.63. The van der Waals surface area contributed by atoms with E-state index < -0.39 is 0 Å². The minimum absolute atomic E-state index is 0.373.